The van der Waals surface area contributed by atoms with Crippen molar-refractivity contribution in [1.29, 1.82) is 0 Å². The van der Waals surface area contributed by atoms with E-state index in [9.17, 15) is 19.3 Å². The van der Waals surface area contributed by atoms with E-state index < -0.39 is 10.9 Å². The Labute approximate surface area is 149 Å². The minimum Gasteiger partial charge on any atom is -0.460 e. The number of ether oxygens (including phenoxy) is 1. The van der Waals surface area contributed by atoms with E-state index in [1.54, 1.807) is 12.1 Å². The van der Waals surface area contributed by atoms with Gasteiger partial charge in [-0.3, -0.25) is 10.1 Å². The SMILES string of the molecule is CCC(COC(=O)/C=C/c1ccc(F)cc1)Nc1ccc([N+](=O)[O-])cn1. The van der Waals surface area contributed by atoms with E-state index >= 15 is 0 Å². The number of nitro groups is 1. The molecule has 7 nitrogen and oxygen atoms in total. The monoisotopic (exact) mass is 359 g/mol. The number of hydrogen-bond donors (Lipinski definition) is 1. The summed E-state index contributed by atoms with van der Waals surface area (Å²) in [5.41, 5.74) is 0.588. The number of benzene rings is 1. The molecule has 26 heavy (non-hydrogen) atoms. The Morgan fingerprint density at radius 1 is 1.35 bits per heavy atom. The summed E-state index contributed by atoms with van der Waals surface area (Å²) in [4.78, 5) is 25.8. The summed E-state index contributed by atoms with van der Waals surface area (Å²) in [7, 11) is 0. The first-order chi connectivity index (χ1) is 12.5. The number of hydrogen-bond acceptors (Lipinski definition) is 6. The van der Waals surface area contributed by atoms with Gasteiger partial charge in [-0.15, -0.1) is 0 Å². The summed E-state index contributed by atoms with van der Waals surface area (Å²) in [5, 5.41) is 13.7. The summed E-state index contributed by atoms with van der Waals surface area (Å²) in [6.45, 7) is 2.02. The highest BCUT2D eigenvalue weighted by Gasteiger charge is 2.11. The number of halogens is 1. The molecule has 0 aliphatic heterocycles. The van der Waals surface area contributed by atoms with Gasteiger partial charge in [-0.05, 0) is 36.3 Å². The summed E-state index contributed by atoms with van der Waals surface area (Å²) in [6.07, 6.45) is 4.62. The highest BCUT2D eigenvalue weighted by atomic mass is 19.1. The minimum absolute atomic E-state index is 0.0963. The Kier molecular flexibility index (Phi) is 6.78. The van der Waals surface area contributed by atoms with Crippen molar-refractivity contribution in [3.63, 3.8) is 0 Å². The van der Waals surface area contributed by atoms with Gasteiger partial charge in [-0.1, -0.05) is 19.1 Å². The van der Waals surface area contributed by atoms with Gasteiger partial charge in [0.15, 0.2) is 0 Å². The fraction of sp³-hybridized carbons (Fsp3) is 0.222. The van der Waals surface area contributed by atoms with Crippen LogP contribution >= 0.6 is 0 Å². The number of carbonyl (C=O) groups excluding carboxylic acids is 1. The first kappa shape index (κ1) is 19.0. The highest BCUT2D eigenvalue weighted by molar-refractivity contribution is 5.87. The molecule has 0 fully saturated rings. The Morgan fingerprint density at radius 2 is 2.08 bits per heavy atom. The topological polar surface area (TPSA) is 94.4 Å². The molecule has 1 aromatic heterocycles. The van der Waals surface area contributed by atoms with Crippen LogP contribution in [0.15, 0.2) is 48.7 Å². The van der Waals surface area contributed by atoms with Crippen LogP contribution in [-0.2, 0) is 9.53 Å². The van der Waals surface area contributed by atoms with Crippen molar-refractivity contribution < 1.29 is 18.8 Å². The molecule has 0 saturated heterocycles. The lowest BCUT2D eigenvalue weighted by atomic mass is 10.2. The summed E-state index contributed by atoms with van der Waals surface area (Å²) < 4.78 is 18.0. The normalized spacial score (nSPS) is 11.9. The third kappa shape index (κ3) is 5.97. The van der Waals surface area contributed by atoms with Crippen molar-refractivity contribution in [2.75, 3.05) is 11.9 Å². The molecule has 1 atom stereocenters. The van der Waals surface area contributed by atoms with Crippen molar-refractivity contribution in [3.8, 4) is 0 Å². The molecule has 8 heteroatoms. The third-order valence-corrected chi connectivity index (χ3v) is 3.51. The zero-order valence-electron chi connectivity index (χ0n) is 14.1. The van der Waals surface area contributed by atoms with Gasteiger partial charge in [-0.2, -0.15) is 0 Å². The first-order valence-corrected chi connectivity index (χ1v) is 7.95. The molecule has 0 radical (unpaired) electrons. The molecule has 0 saturated carbocycles. The molecule has 1 unspecified atom stereocenters. The molecule has 1 aromatic carbocycles. The van der Waals surface area contributed by atoms with Crippen molar-refractivity contribution >= 4 is 23.6 Å². The van der Waals surface area contributed by atoms with E-state index in [1.165, 1.54) is 36.4 Å². The Bertz CT molecular complexity index is 776. The smallest absolute Gasteiger partial charge is 0.330 e. The van der Waals surface area contributed by atoms with Gasteiger partial charge in [0.05, 0.1) is 11.0 Å². The predicted molar refractivity (Wildman–Crippen MR) is 95.0 cm³/mol. The van der Waals surface area contributed by atoms with Crippen LogP contribution in [0.3, 0.4) is 0 Å². The maximum Gasteiger partial charge on any atom is 0.330 e. The lowest BCUT2D eigenvalue weighted by Crippen LogP contribution is -2.26. The molecule has 0 bridgehead atoms. The zero-order valence-corrected chi connectivity index (χ0v) is 14.1. The summed E-state index contributed by atoms with van der Waals surface area (Å²) >= 11 is 0. The van der Waals surface area contributed by atoms with Gasteiger partial charge in [0.2, 0.25) is 0 Å². The van der Waals surface area contributed by atoms with E-state index in [4.69, 9.17) is 4.74 Å². The van der Waals surface area contributed by atoms with Crippen molar-refractivity contribution in [1.82, 2.24) is 4.98 Å². The highest BCUT2D eigenvalue weighted by Crippen LogP contribution is 2.13. The number of esters is 1. The molecule has 1 heterocycles. The molecule has 136 valence electrons. The van der Waals surface area contributed by atoms with Gasteiger partial charge >= 0.3 is 5.97 Å². The van der Waals surface area contributed by atoms with E-state index in [1.807, 2.05) is 6.92 Å². The number of rotatable bonds is 8. The number of nitrogens with zero attached hydrogens (tertiary/aromatic N) is 2. The lowest BCUT2D eigenvalue weighted by molar-refractivity contribution is -0.385. The average Bonchev–Trinajstić information content (AvgIpc) is 2.65. The van der Waals surface area contributed by atoms with Crippen LogP contribution in [0.1, 0.15) is 18.9 Å². The maximum absolute atomic E-state index is 12.8. The molecule has 0 spiro atoms. The summed E-state index contributed by atoms with van der Waals surface area (Å²) in [5.74, 6) is -0.409. The Balaban J connectivity index is 1.84. The number of nitrogens with one attached hydrogen (secondary N) is 1. The molecule has 0 aliphatic carbocycles. The maximum atomic E-state index is 12.8. The summed E-state index contributed by atoms with van der Waals surface area (Å²) in [6, 6.07) is 8.37. The van der Waals surface area contributed by atoms with Gasteiger partial charge in [-0.25, -0.2) is 14.2 Å². The second-order valence-corrected chi connectivity index (χ2v) is 5.42. The second-order valence-electron chi connectivity index (χ2n) is 5.42. The van der Waals surface area contributed by atoms with Crippen LogP contribution in [0.4, 0.5) is 15.9 Å². The van der Waals surface area contributed by atoms with E-state index in [2.05, 4.69) is 10.3 Å². The fourth-order valence-corrected chi connectivity index (χ4v) is 2.02. The van der Waals surface area contributed by atoms with Gasteiger partial charge in [0, 0.05) is 12.1 Å². The quantitative estimate of drug-likeness (QED) is 0.335. The number of pyridine rings is 1. The zero-order chi connectivity index (χ0) is 18.9. The van der Waals surface area contributed by atoms with Crippen molar-refractivity contribution in [2.24, 2.45) is 0 Å². The third-order valence-electron chi connectivity index (χ3n) is 3.51. The molecule has 0 aliphatic rings. The van der Waals surface area contributed by atoms with Gasteiger partial charge in [0.25, 0.3) is 5.69 Å². The van der Waals surface area contributed by atoms with E-state index in [0.29, 0.717) is 17.8 Å². The van der Waals surface area contributed by atoms with Crippen molar-refractivity contribution in [3.05, 3.63) is 70.2 Å². The van der Waals surface area contributed by atoms with Gasteiger partial charge in [0.1, 0.15) is 24.4 Å². The molecule has 0 amide bonds. The standard InChI is InChI=1S/C18H18FN3O4/c1-2-15(21-17-9-8-16(11-20-17)22(24)25)12-26-18(23)10-5-13-3-6-14(19)7-4-13/h3-11,15H,2,12H2,1H3,(H,20,21)/b10-5+. The van der Waals surface area contributed by atoms with Crippen molar-refractivity contribution in [2.45, 2.75) is 19.4 Å². The molecular formula is C18H18FN3O4. The largest absolute Gasteiger partial charge is 0.460 e. The second kappa shape index (κ2) is 9.26. The number of aromatic nitrogens is 1. The van der Waals surface area contributed by atoms with Crippen LogP contribution in [0.2, 0.25) is 0 Å². The lowest BCUT2D eigenvalue weighted by Gasteiger charge is -2.16. The van der Waals surface area contributed by atoms with Crippen LogP contribution in [-0.4, -0.2) is 28.5 Å². The Hall–Kier alpha value is -3.29. The van der Waals surface area contributed by atoms with E-state index in [-0.39, 0.29) is 24.2 Å². The fourth-order valence-electron chi connectivity index (χ4n) is 2.02. The van der Waals surface area contributed by atoms with Crippen LogP contribution in [0.5, 0.6) is 0 Å². The van der Waals surface area contributed by atoms with Crippen LogP contribution in [0, 0.1) is 15.9 Å². The predicted octanol–water partition coefficient (Wildman–Crippen LogP) is 3.58. The van der Waals surface area contributed by atoms with Gasteiger partial charge < -0.3 is 10.1 Å². The number of carbonyl (C=O) groups is 1. The minimum atomic E-state index is -0.524. The van der Waals surface area contributed by atoms with Crippen LogP contribution < -0.4 is 5.32 Å². The molecule has 2 rings (SSSR count). The molecular weight excluding hydrogens is 341 g/mol. The van der Waals surface area contributed by atoms with Crippen LogP contribution in [0.25, 0.3) is 6.08 Å². The molecule has 2 aromatic rings. The number of anilines is 1. The first-order valence-electron chi connectivity index (χ1n) is 7.95. The average molecular weight is 359 g/mol. The van der Waals surface area contributed by atoms with E-state index in [0.717, 1.165) is 6.20 Å². The molecule has 1 N–H and O–H groups in total. The Morgan fingerprint density at radius 3 is 2.65 bits per heavy atom.